The highest BCUT2D eigenvalue weighted by Crippen LogP contribution is 2.21. The standard InChI is InChI=1S/C13H17BrN4O3/c1-13(2,3)21-12(20)17-10-6-9(14)5-4-8(10)7-16-18-11(15)19/h4-7H,1-3H3,(H,17,20)(H3,15,18,19). The third-order valence-electron chi connectivity index (χ3n) is 2.03. The van der Waals surface area contributed by atoms with E-state index in [0.717, 1.165) is 4.47 Å². The molecule has 0 saturated carbocycles. The van der Waals surface area contributed by atoms with Gasteiger partial charge < -0.3 is 10.5 Å². The Kier molecular flexibility index (Phi) is 5.71. The molecule has 0 aliphatic rings. The molecular weight excluding hydrogens is 340 g/mol. The van der Waals surface area contributed by atoms with Gasteiger partial charge in [0.25, 0.3) is 0 Å². The fourth-order valence-corrected chi connectivity index (χ4v) is 1.69. The largest absolute Gasteiger partial charge is 0.444 e. The molecule has 0 aromatic heterocycles. The highest BCUT2D eigenvalue weighted by atomic mass is 79.9. The van der Waals surface area contributed by atoms with Gasteiger partial charge in [0.2, 0.25) is 0 Å². The first-order valence-corrected chi connectivity index (χ1v) is 6.85. The van der Waals surface area contributed by atoms with Crippen molar-refractivity contribution in [1.29, 1.82) is 0 Å². The second kappa shape index (κ2) is 7.07. The molecular formula is C13H17BrN4O3. The van der Waals surface area contributed by atoms with E-state index < -0.39 is 17.7 Å². The minimum absolute atomic E-state index is 0.480. The average molecular weight is 357 g/mol. The Balaban J connectivity index is 2.89. The van der Waals surface area contributed by atoms with Gasteiger partial charge in [-0.2, -0.15) is 5.10 Å². The molecule has 0 bridgehead atoms. The number of hydrogen-bond donors (Lipinski definition) is 3. The summed E-state index contributed by atoms with van der Waals surface area (Å²) in [6.45, 7) is 5.31. The van der Waals surface area contributed by atoms with E-state index in [9.17, 15) is 9.59 Å². The lowest BCUT2D eigenvalue weighted by molar-refractivity contribution is 0.0636. The van der Waals surface area contributed by atoms with E-state index in [2.05, 4.69) is 31.8 Å². The van der Waals surface area contributed by atoms with Crippen molar-refractivity contribution in [3.05, 3.63) is 28.2 Å². The lowest BCUT2D eigenvalue weighted by atomic mass is 10.2. The number of nitrogens with one attached hydrogen (secondary N) is 2. The lowest BCUT2D eigenvalue weighted by Crippen LogP contribution is -2.27. The summed E-state index contributed by atoms with van der Waals surface area (Å²) in [5.74, 6) is 0. The van der Waals surface area contributed by atoms with Gasteiger partial charge in [-0.3, -0.25) is 5.32 Å². The number of urea groups is 1. The molecule has 0 heterocycles. The molecule has 21 heavy (non-hydrogen) atoms. The van der Waals surface area contributed by atoms with Crippen LogP contribution < -0.4 is 16.5 Å². The van der Waals surface area contributed by atoms with Crippen molar-refractivity contribution < 1.29 is 14.3 Å². The molecule has 1 aromatic rings. The van der Waals surface area contributed by atoms with Crippen molar-refractivity contribution in [3.8, 4) is 0 Å². The third-order valence-corrected chi connectivity index (χ3v) is 2.52. The number of halogens is 1. The predicted molar refractivity (Wildman–Crippen MR) is 84.3 cm³/mol. The van der Waals surface area contributed by atoms with E-state index >= 15 is 0 Å². The van der Waals surface area contributed by atoms with Crippen LogP contribution in [0.5, 0.6) is 0 Å². The summed E-state index contributed by atoms with van der Waals surface area (Å²) >= 11 is 3.31. The van der Waals surface area contributed by atoms with Crippen molar-refractivity contribution in [2.24, 2.45) is 10.8 Å². The Morgan fingerprint density at radius 1 is 1.38 bits per heavy atom. The minimum Gasteiger partial charge on any atom is -0.444 e. The number of carbonyl (C=O) groups excluding carboxylic acids is 2. The molecule has 3 amide bonds. The lowest BCUT2D eigenvalue weighted by Gasteiger charge is -2.20. The number of carbonyl (C=O) groups is 2. The molecule has 0 saturated heterocycles. The van der Waals surface area contributed by atoms with Gasteiger partial charge in [0, 0.05) is 10.0 Å². The van der Waals surface area contributed by atoms with E-state index in [1.807, 2.05) is 0 Å². The van der Waals surface area contributed by atoms with Gasteiger partial charge in [-0.1, -0.05) is 22.0 Å². The third kappa shape index (κ3) is 6.75. The second-order valence-corrected chi connectivity index (χ2v) is 6.01. The summed E-state index contributed by atoms with van der Waals surface area (Å²) in [5.41, 5.74) is 7.45. The summed E-state index contributed by atoms with van der Waals surface area (Å²) in [5, 5.41) is 6.28. The van der Waals surface area contributed by atoms with Crippen LogP contribution in [0.1, 0.15) is 26.3 Å². The molecule has 0 aliphatic heterocycles. The fourth-order valence-electron chi connectivity index (χ4n) is 1.33. The van der Waals surface area contributed by atoms with Crippen molar-refractivity contribution in [2.75, 3.05) is 5.32 Å². The number of primary amides is 1. The average Bonchev–Trinajstić information content (AvgIpc) is 2.29. The molecule has 1 aromatic carbocycles. The van der Waals surface area contributed by atoms with Crippen LogP contribution in [0.2, 0.25) is 0 Å². The maximum absolute atomic E-state index is 11.8. The monoisotopic (exact) mass is 356 g/mol. The molecule has 1 rings (SSSR count). The summed E-state index contributed by atoms with van der Waals surface area (Å²) in [6, 6.07) is 4.40. The number of benzene rings is 1. The zero-order chi connectivity index (χ0) is 16.0. The van der Waals surface area contributed by atoms with Gasteiger partial charge in [-0.05, 0) is 32.9 Å². The van der Waals surface area contributed by atoms with Gasteiger partial charge in [0.15, 0.2) is 0 Å². The normalized spacial score (nSPS) is 11.2. The van der Waals surface area contributed by atoms with Crippen molar-refractivity contribution >= 4 is 40.0 Å². The van der Waals surface area contributed by atoms with Gasteiger partial charge in [-0.25, -0.2) is 15.0 Å². The van der Waals surface area contributed by atoms with Gasteiger partial charge >= 0.3 is 12.1 Å². The number of rotatable bonds is 3. The first-order chi connectivity index (χ1) is 9.67. The maximum atomic E-state index is 11.8. The first kappa shape index (κ1) is 17.0. The molecule has 114 valence electrons. The topological polar surface area (TPSA) is 106 Å². The molecule has 8 heteroatoms. The molecule has 0 atom stereocenters. The van der Waals surface area contributed by atoms with E-state index in [1.165, 1.54) is 6.21 Å². The number of hydrogen-bond acceptors (Lipinski definition) is 4. The SMILES string of the molecule is CC(C)(C)OC(=O)Nc1cc(Br)ccc1C=NNC(N)=O. The fraction of sp³-hybridized carbons (Fsp3) is 0.308. The van der Waals surface area contributed by atoms with Crippen LogP contribution in [-0.4, -0.2) is 23.9 Å². The summed E-state index contributed by atoms with van der Waals surface area (Å²) < 4.78 is 5.95. The number of amides is 3. The Morgan fingerprint density at radius 2 is 2.05 bits per heavy atom. The highest BCUT2D eigenvalue weighted by molar-refractivity contribution is 9.10. The Bertz CT molecular complexity index is 567. The molecule has 0 aliphatic carbocycles. The molecule has 4 N–H and O–H groups in total. The summed E-state index contributed by atoms with van der Waals surface area (Å²) in [4.78, 5) is 22.4. The zero-order valence-corrected chi connectivity index (χ0v) is 13.5. The Hall–Kier alpha value is -2.09. The number of ether oxygens (including phenoxy) is 1. The molecule has 0 unspecified atom stereocenters. The van der Waals surface area contributed by atoms with Crippen LogP contribution in [0.25, 0.3) is 0 Å². The zero-order valence-electron chi connectivity index (χ0n) is 11.9. The maximum Gasteiger partial charge on any atom is 0.412 e. The van der Waals surface area contributed by atoms with Gasteiger partial charge in [0.1, 0.15) is 5.60 Å². The predicted octanol–water partition coefficient (Wildman–Crippen LogP) is 2.80. The number of nitrogens with zero attached hydrogens (tertiary/aromatic N) is 1. The quantitative estimate of drug-likeness (QED) is 0.572. The van der Waals surface area contributed by atoms with Gasteiger partial charge in [0.05, 0.1) is 11.9 Å². The Labute approximate surface area is 131 Å². The number of nitrogens with two attached hydrogens (primary N) is 1. The Morgan fingerprint density at radius 3 is 2.62 bits per heavy atom. The first-order valence-electron chi connectivity index (χ1n) is 6.05. The molecule has 0 radical (unpaired) electrons. The van der Waals surface area contributed by atoms with Crippen LogP contribution in [0.15, 0.2) is 27.8 Å². The molecule has 0 fully saturated rings. The van der Waals surface area contributed by atoms with Crippen LogP contribution in [0.3, 0.4) is 0 Å². The smallest absolute Gasteiger partial charge is 0.412 e. The van der Waals surface area contributed by atoms with E-state index in [1.54, 1.807) is 39.0 Å². The second-order valence-electron chi connectivity index (χ2n) is 5.09. The van der Waals surface area contributed by atoms with Crippen LogP contribution in [0.4, 0.5) is 15.3 Å². The van der Waals surface area contributed by atoms with Crippen molar-refractivity contribution in [3.63, 3.8) is 0 Å². The summed E-state index contributed by atoms with van der Waals surface area (Å²) in [7, 11) is 0. The van der Waals surface area contributed by atoms with E-state index in [4.69, 9.17) is 10.5 Å². The molecule has 0 spiro atoms. The number of anilines is 1. The number of hydrazone groups is 1. The highest BCUT2D eigenvalue weighted by Gasteiger charge is 2.17. The van der Waals surface area contributed by atoms with Crippen LogP contribution >= 0.6 is 15.9 Å². The van der Waals surface area contributed by atoms with Crippen molar-refractivity contribution in [1.82, 2.24) is 5.43 Å². The van der Waals surface area contributed by atoms with E-state index in [-0.39, 0.29) is 0 Å². The minimum atomic E-state index is -0.773. The van der Waals surface area contributed by atoms with Crippen LogP contribution in [-0.2, 0) is 4.74 Å². The molecule has 7 nitrogen and oxygen atoms in total. The van der Waals surface area contributed by atoms with E-state index in [0.29, 0.717) is 11.3 Å². The van der Waals surface area contributed by atoms with Gasteiger partial charge in [-0.15, -0.1) is 0 Å². The van der Waals surface area contributed by atoms with Crippen molar-refractivity contribution in [2.45, 2.75) is 26.4 Å². The van der Waals surface area contributed by atoms with Crippen LogP contribution in [0, 0.1) is 0 Å². The summed E-state index contributed by atoms with van der Waals surface area (Å²) in [6.07, 6.45) is 0.780.